The molecule has 4 nitrogen and oxygen atoms in total. The Morgan fingerprint density at radius 2 is 1.83 bits per heavy atom. The predicted molar refractivity (Wildman–Crippen MR) is 98.9 cm³/mol. The van der Waals surface area contributed by atoms with E-state index in [4.69, 9.17) is 5.73 Å². The van der Waals surface area contributed by atoms with Crippen LogP contribution in [0.1, 0.15) is 46.1 Å². The molecule has 1 aliphatic heterocycles. The second kappa shape index (κ2) is 6.65. The minimum Gasteiger partial charge on any atom is -0.328 e. The number of rotatable bonds is 2. The van der Waals surface area contributed by atoms with E-state index in [2.05, 4.69) is 48.9 Å². The molecule has 0 aromatic heterocycles. The summed E-state index contributed by atoms with van der Waals surface area (Å²) in [5.74, 6) is 0. The van der Waals surface area contributed by atoms with Crippen molar-refractivity contribution < 1.29 is 4.79 Å². The molecule has 0 saturated carbocycles. The third-order valence-electron chi connectivity index (χ3n) is 4.31. The first-order valence-corrected chi connectivity index (χ1v) is 8.70. The minimum absolute atomic E-state index is 0.0878. The molecule has 1 heterocycles. The van der Waals surface area contributed by atoms with E-state index in [0.717, 1.165) is 22.9 Å². The summed E-state index contributed by atoms with van der Waals surface area (Å²) in [6, 6.07) is 7.92. The molecule has 1 saturated heterocycles. The second-order valence-electron chi connectivity index (χ2n) is 7.43. The maximum Gasteiger partial charge on any atom is 0.322 e. The summed E-state index contributed by atoms with van der Waals surface area (Å²) in [5, 5.41) is 2.90. The Hall–Kier alpha value is -1.33. The first-order valence-electron chi connectivity index (χ1n) is 7.91. The van der Waals surface area contributed by atoms with Crippen molar-refractivity contribution in [2.75, 3.05) is 0 Å². The monoisotopic (exact) mass is 379 g/mol. The average molecular weight is 380 g/mol. The fourth-order valence-electron chi connectivity index (χ4n) is 3.78. The van der Waals surface area contributed by atoms with Gasteiger partial charge in [-0.15, -0.1) is 0 Å². The highest BCUT2D eigenvalue weighted by Crippen LogP contribution is 2.37. The predicted octanol–water partition coefficient (Wildman–Crippen LogP) is 4.11. The summed E-state index contributed by atoms with van der Waals surface area (Å²) < 4.78 is 0.995. The number of nitrogens with one attached hydrogen (secondary N) is 1. The third kappa shape index (κ3) is 4.15. The van der Waals surface area contributed by atoms with E-state index in [1.54, 1.807) is 6.20 Å². The molecule has 3 N–H and O–H groups in total. The van der Waals surface area contributed by atoms with Crippen LogP contribution in [-0.4, -0.2) is 28.1 Å². The SMILES string of the molecule is CC1(C)CC(N)CC(C)(C)N1C(=O)N/C=C/c1ccccc1Br. The molecule has 0 aliphatic carbocycles. The van der Waals surface area contributed by atoms with E-state index in [-0.39, 0.29) is 23.2 Å². The Morgan fingerprint density at radius 3 is 2.39 bits per heavy atom. The van der Waals surface area contributed by atoms with Crippen LogP contribution in [0, 0.1) is 0 Å². The maximum absolute atomic E-state index is 12.7. The Balaban J connectivity index is 2.11. The number of nitrogens with zero attached hydrogens (tertiary/aromatic N) is 1. The van der Waals surface area contributed by atoms with Gasteiger partial charge in [-0.2, -0.15) is 0 Å². The van der Waals surface area contributed by atoms with Crippen molar-refractivity contribution in [3.8, 4) is 0 Å². The summed E-state index contributed by atoms with van der Waals surface area (Å²) in [7, 11) is 0. The topological polar surface area (TPSA) is 58.4 Å². The van der Waals surface area contributed by atoms with Gasteiger partial charge in [0.1, 0.15) is 0 Å². The third-order valence-corrected chi connectivity index (χ3v) is 5.03. The molecule has 1 aliphatic rings. The summed E-state index contributed by atoms with van der Waals surface area (Å²) in [5.41, 5.74) is 6.64. The van der Waals surface area contributed by atoms with Crippen molar-refractivity contribution >= 4 is 28.0 Å². The van der Waals surface area contributed by atoms with Crippen molar-refractivity contribution in [3.63, 3.8) is 0 Å². The molecule has 5 heteroatoms. The van der Waals surface area contributed by atoms with Gasteiger partial charge in [0.25, 0.3) is 0 Å². The number of piperidine rings is 1. The number of hydrogen-bond donors (Lipinski definition) is 2. The van der Waals surface area contributed by atoms with Crippen LogP contribution in [0.2, 0.25) is 0 Å². The zero-order valence-corrected chi connectivity index (χ0v) is 15.9. The van der Waals surface area contributed by atoms with Crippen molar-refractivity contribution in [1.82, 2.24) is 10.2 Å². The van der Waals surface area contributed by atoms with Gasteiger partial charge in [-0.05, 0) is 58.2 Å². The number of carbonyl (C=O) groups is 1. The van der Waals surface area contributed by atoms with E-state index < -0.39 is 0 Å². The van der Waals surface area contributed by atoms with Crippen molar-refractivity contribution in [2.24, 2.45) is 5.73 Å². The summed E-state index contributed by atoms with van der Waals surface area (Å²) in [6.45, 7) is 8.30. The van der Waals surface area contributed by atoms with Crippen LogP contribution in [0.4, 0.5) is 4.79 Å². The fraction of sp³-hybridized carbons (Fsp3) is 0.500. The Bertz CT molecular complexity index is 592. The molecule has 126 valence electrons. The lowest BCUT2D eigenvalue weighted by atomic mass is 9.77. The fourth-order valence-corrected chi connectivity index (χ4v) is 4.20. The number of nitrogens with two attached hydrogens (primary N) is 1. The highest BCUT2D eigenvalue weighted by Gasteiger charge is 2.46. The van der Waals surface area contributed by atoms with Crippen molar-refractivity contribution in [3.05, 3.63) is 40.5 Å². The number of hydrogen-bond acceptors (Lipinski definition) is 2. The Labute approximate surface area is 147 Å². The lowest BCUT2D eigenvalue weighted by molar-refractivity contribution is 0.00444. The Kier molecular flexibility index (Phi) is 5.21. The van der Waals surface area contributed by atoms with Gasteiger partial charge in [0, 0.05) is 27.8 Å². The van der Waals surface area contributed by atoms with Crippen molar-refractivity contribution in [1.29, 1.82) is 0 Å². The molecular weight excluding hydrogens is 354 g/mol. The minimum atomic E-state index is -0.271. The zero-order valence-electron chi connectivity index (χ0n) is 14.3. The van der Waals surface area contributed by atoms with Gasteiger partial charge < -0.3 is 16.0 Å². The zero-order chi connectivity index (χ0) is 17.3. The van der Waals surface area contributed by atoms with Gasteiger partial charge in [0.15, 0.2) is 0 Å². The molecule has 2 rings (SSSR count). The van der Waals surface area contributed by atoms with Crippen LogP contribution in [-0.2, 0) is 0 Å². The van der Waals surface area contributed by atoms with E-state index >= 15 is 0 Å². The van der Waals surface area contributed by atoms with E-state index in [0.29, 0.717) is 0 Å². The average Bonchev–Trinajstić information content (AvgIpc) is 2.37. The van der Waals surface area contributed by atoms with Gasteiger partial charge >= 0.3 is 6.03 Å². The van der Waals surface area contributed by atoms with E-state index in [1.165, 1.54) is 0 Å². The first-order chi connectivity index (χ1) is 10.6. The summed E-state index contributed by atoms with van der Waals surface area (Å²) >= 11 is 3.49. The van der Waals surface area contributed by atoms with Gasteiger partial charge in [-0.1, -0.05) is 34.1 Å². The largest absolute Gasteiger partial charge is 0.328 e. The lowest BCUT2D eigenvalue weighted by Gasteiger charge is -2.54. The molecule has 1 fully saturated rings. The number of likely N-dealkylation sites (tertiary alicyclic amines) is 1. The Morgan fingerprint density at radius 1 is 1.26 bits per heavy atom. The standard InChI is InChI=1S/C18H26BrN3O/c1-17(2)11-14(20)12-18(3,4)22(17)16(23)21-10-9-13-7-5-6-8-15(13)19/h5-10,14H,11-12,20H2,1-4H3,(H,21,23)/b10-9+. The molecule has 23 heavy (non-hydrogen) atoms. The van der Waals surface area contributed by atoms with Crippen LogP contribution in [0.5, 0.6) is 0 Å². The van der Waals surface area contributed by atoms with Crippen LogP contribution >= 0.6 is 15.9 Å². The molecule has 0 bridgehead atoms. The van der Waals surface area contributed by atoms with Crippen LogP contribution < -0.4 is 11.1 Å². The van der Waals surface area contributed by atoms with Gasteiger partial charge in [0.2, 0.25) is 0 Å². The first kappa shape index (κ1) is 18.0. The number of carbonyl (C=O) groups excluding carboxylic acids is 1. The number of halogens is 1. The molecular formula is C18H26BrN3O. The molecule has 0 radical (unpaired) electrons. The number of amides is 2. The highest BCUT2D eigenvalue weighted by molar-refractivity contribution is 9.10. The van der Waals surface area contributed by atoms with E-state index in [9.17, 15) is 4.79 Å². The quantitative estimate of drug-likeness (QED) is 0.811. The number of benzene rings is 1. The van der Waals surface area contributed by atoms with Crippen LogP contribution in [0.3, 0.4) is 0 Å². The molecule has 0 spiro atoms. The van der Waals surface area contributed by atoms with Crippen LogP contribution in [0.25, 0.3) is 6.08 Å². The summed E-state index contributed by atoms with van der Waals surface area (Å²) in [4.78, 5) is 14.6. The van der Waals surface area contributed by atoms with Crippen LogP contribution in [0.15, 0.2) is 34.9 Å². The normalized spacial score (nSPS) is 20.7. The lowest BCUT2D eigenvalue weighted by Crippen LogP contribution is -2.66. The molecule has 1 aromatic rings. The smallest absolute Gasteiger partial charge is 0.322 e. The highest BCUT2D eigenvalue weighted by atomic mass is 79.9. The van der Waals surface area contributed by atoms with Gasteiger partial charge in [-0.25, -0.2) is 4.79 Å². The van der Waals surface area contributed by atoms with E-state index in [1.807, 2.05) is 35.2 Å². The molecule has 2 amide bonds. The second-order valence-corrected chi connectivity index (χ2v) is 8.29. The molecule has 0 unspecified atom stereocenters. The van der Waals surface area contributed by atoms with Gasteiger partial charge in [0.05, 0.1) is 0 Å². The van der Waals surface area contributed by atoms with Gasteiger partial charge in [-0.3, -0.25) is 0 Å². The maximum atomic E-state index is 12.7. The van der Waals surface area contributed by atoms with Crippen molar-refractivity contribution in [2.45, 2.75) is 57.7 Å². The molecule has 0 atom stereocenters. The summed E-state index contributed by atoms with van der Waals surface area (Å²) in [6.07, 6.45) is 5.19. The molecule has 1 aromatic carbocycles. The number of urea groups is 1.